The van der Waals surface area contributed by atoms with Crippen LogP contribution in [0.4, 0.5) is 10.5 Å². The molecule has 1 aromatic heterocycles. The summed E-state index contributed by atoms with van der Waals surface area (Å²) in [6, 6.07) is 4.91. The molecule has 1 aliphatic heterocycles. The van der Waals surface area contributed by atoms with Crippen molar-refractivity contribution in [1.29, 1.82) is 0 Å². The molecule has 0 bridgehead atoms. The normalized spacial score (nSPS) is 15.9. The largest absolute Gasteiger partial charge is 0.465 e. The fourth-order valence-corrected chi connectivity index (χ4v) is 2.21. The maximum atomic E-state index is 12.0. The second-order valence-electron chi connectivity index (χ2n) is 4.44. The fourth-order valence-electron chi connectivity index (χ4n) is 2.21. The van der Waals surface area contributed by atoms with Crippen molar-refractivity contribution in [2.75, 3.05) is 24.5 Å². The third-order valence-electron chi connectivity index (χ3n) is 3.21. The van der Waals surface area contributed by atoms with Crippen molar-refractivity contribution in [3.63, 3.8) is 0 Å². The standard InChI is InChI=1S/C12H11N3O5/c16-10-6-14(12(18)19)3-4-15(10)7-1-2-8-9(5-7)20-11(17)13-8/h1-2,5H,3-4,6H2,(H,13,17)(H,18,19). The van der Waals surface area contributed by atoms with Gasteiger partial charge in [0.1, 0.15) is 6.54 Å². The zero-order valence-corrected chi connectivity index (χ0v) is 10.3. The number of amides is 2. The molecular formula is C12H11N3O5. The Balaban J connectivity index is 1.89. The summed E-state index contributed by atoms with van der Waals surface area (Å²) in [6.45, 7) is 0.339. The van der Waals surface area contributed by atoms with Gasteiger partial charge in [-0.05, 0) is 12.1 Å². The Morgan fingerprint density at radius 3 is 2.80 bits per heavy atom. The molecule has 1 fully saturated rings. The Kier molecular flexibility index (Phi) is 2.70. The first-order chi connectivity index (χ1) is 9.54. The highest BCUT2D eigenvalue weighted by Crippen LogP contribution is 2.22. The summed E-state index contributed by atoms with van der Waals surface area (Å²) in [6.07, 6.45) is -1.11. The number of hydrogen-bond donors (Lipinski definition) is 2. The lowest BCUT2D eigenvalue weighted by Crippen LogP contribution is -2.52. The predicted molar refractivity (Wildman–Crippen MR) is 68.8 cm³/mol. The van der Waals surface area contributed by atoms with Crippen LogP contribution in [0.15, 0.2) is 27.4 Å². The summed E-state index contributed by atoms with van der Waals surface area (Å²) in [7, 11) is 0. The predicted octanol–water partition coefficient (Wildman–Crippen LogP) is 0.448. The zero-order chi connectivity index (χ0) is 14.3. The third-order valence-corrected chi connectivity index (χ3v) is 3.21. The Labute approximate surface area is 112 Å². The molecule has 8 nitrogen and oxygen atoms in total. The van der Waals surface area contributed by atoms with E-state index >= 15 is 0 Å². The van der Waals surface area contributed by atoms with Crippen LogP contribution in [0.5, 0.6) is 0 Å². The second kappa shape index (κ2) is 4.41. The zero-order valence-electron chi connectivity index (χ0n) is 10.3. The van der Waals surface area contributed by atoms with Gasteiger partial charge in [0.25, 0.3) is 0 Å². The average molecular weight is 277 g/mol. The van der Waals surface area contributed by atoms with Crippen LogP contribution >= 0.6 is 0 Å². The molecule has 2 aromatic rings. The maximum absolute atomic E-state index is 12.0. The summed E-state index contributed by atoms with van der Waals surface area (Å²) >= 11 is 0. The molecule has 3 rings (SSSR count). The summed E-state index contributed by atoms with van der Waals surface area (Å²) in [5, 5.41) is 8.86. The van der Waals surface area contributed by atoms with E-state index in [4.69, 9.17) is 9.52 Å². The molecule has 0 unspecified atom stereocenters. The van der Waals surface area contributed by atoms with Gasteiger partial charge in [0.2, 0.25) is 5.91 Å². The van der Waals surface area contributed by atoms with Gasteiger partial charge in [-0.1, -0.05) is 0 Å². The molecule has 2 N–H and O–H groups in total. The van der Waals surface area contributed by atoms with E-state index in [2.05, 4.69) is 4.98 Å². The number of nitrogens with zero attached hydrogens (tertiary/aromatic N) is 2. The van der Waals surface area contributed by atoms with Gasteiger partial charge in [0, 0.05) is 24.8 Å². The number of hydrogen-bond acceptors (Lipinski definition) is 4. The monoisotopic (exact) mass is 277 g/mol. The van der Waals surface area contributed by atoms with E-state index < -0.39 is 11.8 Å². The molecule has 0 atom stereocenters. The Bertz CT molecular complexity index is 747. The topological polar surface area (TPSA) is 107 Å². The Morgan fingerprint density at radius 2 is 2.10 bits per heavy atom. The van der Waals surface area contributed by atoms with Gasteiger partial charge in [-0.15, -0.1) is 0 Å². The molecule has 1 aromatic carbocycles. The number of fused-ring (bicyclic) bond motifs is 1. The molecule has 0 saturated carbocycles. The highest BCUT2D eigenvalue weighted by atomic mass is 16.4. The van der Waals surface area contributed by atoms with Crippen molar-refractivity contribution >= 4 is 28.8 Å². The second-order valence-corrected chi connectivity index (χ2v) is 4.44. The van der Waals surface area contributed by atoms with Gasteiger partial charge in [-0.25, -0.2) is 9.59 Å². The van der Waals surface area contributed by atoms with Crippen LogP contribution in [0.25, 0.3) is 11.1 Å². The van der Waals surface area contributed by atoms with Crippen molar-refractivity contribution in [1.82, 2.24) is 9.88 Å². The summed E-state index contributed by atoms with van der Waals surface area (Å²) in [4.78, 5) is 38.9. The Morgan fingerprint density at radius 1 is 1.30 bits per heavy atom. The lowest BCUT2D eigenvalue weighted by Gasteiger charge is -2.32. The van der Waals surface area contributed by atoms with Gasteiger partial charge in [-0.3, -0.25) is 14.7 Å². The number of benzene rings is 1. The smallest absolute Gasteiger partial charge is 0.417 e. The lowest BCUT2D eigenvalue weighted by atomic mass is 10.2. The van der Waals surface area contributed by atoms with Gasteiger partial charge >= 0.3 is 11.8 Å². The van der Waals surface area contributed by atoms with E-state index in [-0.39, 0.29) is 25.5 Å². The molecule has 2 heterocycles. The fraction of sp³-hybridized carbons (Fsp3) is 0.250. The third kappa shape index (κ3) is 2.00. The molecule has 1 saturated heterocycles. The van der Waals surface area contributed by atoms with E-state index in [1.807, 2.05) is 0 Å². The van der Waals surface area contributed by atoms with Crippen molar-refractivity contribution < 1.29 is 19.1 Å². The number of rotatable bonds is 1. The number of piperazine rings is 1. The van der Waals surface area contributed by atoms with Crippen molar-refractivity contribution in [2.24, 2.45) is 0 Å². The van der Waals surface area contributed by atoms with Gasteiger partial charge in [0.15, 0.2) is 5.58 Å². The van der Waals surface area contributed by atoms with Crippen molar-refractivity contribution in [3.05, 3.63) is 28.7 Å². The molecule has 104 valence electrons. The van der Waals surface area contributed by atoms with Gasteiger partial charge in [0.05, 0.1) is 5.52 Å². The minimum atomic E-state index is -1.11. The molecule has 20 heavy (non-hydrogen) atoms. The number of nitrogens with one attached hydrogen (secondary N) is 1. The first-order valence-corrected chi connectivity index (χ1v) is 5.96. The van der Waals surface area contributed by atoms with E-state index in [0.29, 0.717) is 16.8 Å². The van der Waals surface area contributed by atoms with E-state index in [0.717, 1.165) is 4.90 Å². The number of anilines is 1. The van der Waals surface area contributed by atoms with Crippen LogP contribution < -0.4 is 10.7 Å². The first-order valence-electron chi connectivity index (χ1n) is 5.96. The summed E-state index contributed by atoms with van der Waals surface area (Å²) in [5.41, 5.74) is 1.49. The van der Waals surface area contributed by atoms with E-state index in [1.165, 1.54) is 4.90 Å². The van der Waals surface area contributed by atoms with Gasteiger partial charge in [-0.2, -0.15) is 0 Å². The van der Waals surface area contributed by atoms with Crippen molar-refractivity contribution in [3.8, 4) is 0 Å². The molecule has 8 heteroatoms. The summed E-state index contributed by atoms with van der Waals surface area (Å²) < 4.78 is 4.94. The molecule has 1 aliphatic rings. The highest BCUT2D eigenvalue weighted by molar-refractivity contribution is 5.98. The number of oxazole rings is 1. The summed E-state index contributed by atoms with van der Waals surface area (Å²) in [5.74, 6) is -0.866. The lowest BCUT2D eigenvalue weighted by molar-refractivity contribution is -0.120. The average Bonchev–Trinajstić information content (AvgIpc) is 2.77. The van der Waals surface area contributed by atoms with Crippen LogP contribution in [0, 0.1) is 0 Å². The van der Waals surface area contributed by atoms with Crippen LogP contribution in [0.1, 0.15) is 0 Å². The van der Waals surface area contributed by atoms with Gasteiger partial charge < -0.3 is 14.4 Å². The number of carboxylic acid groups (broad SMARTS) is 1. The van der Waals surface area contributed by atoms with Crippen LogP contribution in [0.3, 0.4) is 0 Å². The quantitative estimate of drug-likeness (QED) is 0.786. The number of carbonyl (C=O) groups is 2. The number of aromatic amines is 1. The van der Waals surface area contributed by atoms with Crippen LogP contribution in [-0.4, -0.2) is 46.6 Å². The van der Waals surface area contributed by atoms with E-state index in [9.17, 15) is 14.4 Å². The first kappa shape index (κ1) is 12.3. The molecule has 0 spiro atoms. The highest BCUT2D eigenvalue weighted by Gasteiger charge is 2.27. The van der Waals surface area contributed by atoms with E-state index in [1.54, 1.807) is 18.2 Å². The Hall–Kier alpha value is -2.77. The minimum absolute atomic E-state index is 0.176. The van der Waals surface area contributed by atoms with Crippen LogP contribution in [-0.2, 0) is 4.79 Å². The molecule has 2 amide bonds. The molecule has 0 radical (unpaired) electrons. The van der Waals surface area contributed by atoms with Crippen molar-refractivity contribution in [2.45, 2.75) is 0 Å². The number of carbonyl (C=O) groups excluding carboxylic acids is 1. The molecule has 0 aliphatic carbocycles. The number of H-pyrrole nitrogens is 1. The SMILES string of the molecule is O=C(O)N1CCN(c2ccc3[nH]c(=O)oc3c2)C(=O)C1. The minimum Gasteiger partial charge on any atom is -0.465 e. The van der Waals surface area contributed by atoms with Crippen LogP contribution in [0.2, 0.25) is 0 Å². The molecular weight excluding hydrogens is 266 g/mol. The number of aromatic nitrogens is 1. The maximum Gasteiger partial charge on any atom is 0.417 e.